The normalized spacial score (nSPS) is 11.6. The third-order valence-corrected chi connectivity index (χ3v) is 4.15. The Morgan fingerprint density at radius 3 is 2.59 bits per heavy atom. The van der Waals surface area contributed by atoms with Crippen molar-refractivity contribution in [2.45, 2.75) is 26.1 Å². The number of halogens is 1. The lowest BCUT2D eigenvalue weighted by Crippen LogP contribution is -2.24. The van der Waals surface area contributed by atoms with Crippen LogP contribution in [-0.4, -0.2) is 30.9 Å². The Balaban J connectivity index is 1.80. The molecule has 0 radical (unpaired) electrons. The molecule has 0 saturated carbocycles. The molecular weight excluding hydrogens is 351 g/mol. The minimum atomic E-state index is -0.742. The van der Waals surface area contributed by atoms with Crippen LogP contribution in [0, 0.1) is 5.82 Å². The average molecular weight is 370 g/mol. The molecule has 0 spiro atoms. The average Bonchev–Trinajstić information content (AvgIpc) is 3.01. The van der Waals surface area contributed by atoms with Crippen LogP contribution in [0.3, 0.4) is 0 Å². The number of primary amides is 1. The zero-order valence-electron chi connectivity index (χ0n) is 15.2. The summed E-state index contributed by atoms with van der Waals surface area (Å²) in [6.07, 6.45) is 2.55. The lowest BCUT2D eigenvalue weighted by molar-refractivity contribution is -0.0391. The number of pyridine rings is 2. The fourth-order valence-corrected chi connectivity index (χ4v) is 2.47. The van der Waals surface area contributed by atoms with E-state index >= 15 is 0 Å². The number of amides is 1. The number of hydrogen-bond donors (Lipinski definition) is 1. The molecule has 8 nitrogen and oxygen atoms in total. The number of aromatic nitrogens is 5. The van der Waals surface area contributed by atoms with E-state index in [4.69, 9.17) is 10.5 Å². The highest BCUT2D eigenvalue weighted by atomic mass is 19.1. The second-order valence-corrected chi connectivity index (χ2v) is 6.47. The molecular formula is C18H19FN6O2. The van der Waals surface area contributed by atoms with E-state index in [0.717, 1.165) is 6.20 Å². The van der Waals surface area contributed by atoms with Crippen molar-refractivity contribution >= 4 is 5.91 Å². The van der Waals surface area contributed by atoms with Crippen LogP contribution in [0.4, 0.5) is 4.39 Å². The van der Waals surface area contributed by atoms with Crippen LogP contribution in [-0.2, 0) is 24.0 Å². The molecule has 0 aliphatic heterocycles. The molecule has 0 saturated heterocycles. The van der Waals surface area contributed by atoms with Gasteiger partial charge in [0.05, 0.1) is 35.4 Å². The molecule has 0 aliphatic rings. The van der Waals surface area contributed by atoms with E-state index in [0.29, 0.717) is 28.3 Å². The van der Waals surface area contributed by atoms with Crippen molar-refractivity contribution in [2.75, 3.05) is 0 Å². The first-order valence-corrected chi connectivity index (χ1v) is 8.18. The summed E-state index contributed by atoms with van der Waals surface area (Å²) in [5, 5.41) is 8.11. The smallest absolute Gasteiger partial charge is 0.250 e. The Bertz CT molecular complexity index is 951. The molecule has 0 fully saturated rings. The Labute approximate surface area is 155 Å². The second-order valence-electron chi connectivity index (χ2n) is 6.47. The van der Waals surface area contributed by atoms with Crippen LogP contribution >= 0.6 is 0 Å². The maximum Gasteiger partial charge on any atom is 0.250 e. The van der Waals surface area contributed by atoms with Gasteiger partial charge in [0.15, 0.2) is 0 Å². The molecule has 0 atom stereocenters. The van der Waals surface area contributed by atoms with E-state index in [1.165, 1.54) is 18.3 Å². The Morgan fingerprint density at radius 2 is 2.00 bits per heavy atom. The van der Waals surface area contributed by atoms with E-state index < -0.39 is 17.3 Å². The molecule has 0 bridgehead atoms. The molecule has 0 unspecified atom stereocenters. The molecule has 3 heterocycles. The monoisotopic (exact) mass is 370 g/mol. The number of nitrogens with zero attached hydrogens (tertiary/aromatic N) is 5. The highest BCUT2D eigenvalue weighted by Gasteiger charge is 2.25. The molecule has 0 aliphatic carbocycles. The number of rotatable bonds is 6. The SMILES string of the molecule is Cn1nnc(-c2ccc(F)cn2)c1COC(C)(C)c1ccc(C(N)=O)cn1. The number of hydrogen-bond acceptors (Lipinski definition) is 6. The minimum absolute atomic E-state index is 0.185. The molecule has 27 heavy (non-hydrogen) atoms. The standard InChI is InChI=1S/C18H19FN6O2/c1-18(2,15-7-4-11(8-22-15)17(20)26)27-10-14-16(23-24-25(14)3)13-6-5-12(19)9-21-13/h4-9H,10H2,1-3H3,(H2,20,26). The van der Waals surface area contributed by atoms with E-state index in [1.807, 2.05) is 13.8 Å². The van der Waals surface area contributed by atoms with E-state index in [2.05, 4.69) is 20.3 Å². The fourth-order valence-electron chi connectivity index (χ4n) is 2.47. The van der Waals surface area contributed by atoms with Gasteiger partial charge in [-0.05, 0) is 38.1 Å². The first-order chi connectivity index (χ1) is 12.8. The molecule has 1 amide bonds. The molecule has 2 N–H and O–H groups in total. The summed E-state index contributed by atoms with van der Waals surface area (Å²) >= 11 is 0. The van der Waals surface area contributed by atoms with Crippen molar-refractivity contribution in [3.05, 3.63) is 59.4 Å². The lowest BCUT2D eigenvalue weighted by atomic mass is 10.0. The van der Waals surface area contributed by atoms with Crippen molar-refractivity contribution in [3.8, 4) is 11.4 Å². The molecule has 3 rings (SSSR count). The summed E-state index contributed by atoms with van der Waals surface area (Å²) in [6, 6.07) is 6.16. The molecule has 140 valence electrons. The molecule has 0 aromatic carbocycles. The van der Waals surface area contributed by atoms with Crippen molar-refractivity contribution in [1.82, 2.24) is 25.0 Å². The van der Waals surface area contributed by atoms with Gasteiger partial charge in [0, 0.05) is 13.2 Å². The summed E-state index contributed by atoms with van der Waals surface area (Å²) in [7, 11) is 1.74. The van der Waals surface area contributed by atoms with Crippen LogP contribution in [0.2, 0.25) is 0 Å². The van der Waals surface area contributed by atoms with E-state index in [1.54, 1.807) is 23.9 Å². The summed E-state index contributed by atoms with van der Waals surface area (Å²) in [6.45, 7) is 3.90. The van der Waals surface area contributed by atoms with Crippen LogP contribution in [0.5, 0.6) is 0 Å². The van der Waals surface area contributed by atoms with Gasteiger partial charge in [0.2, 0.25) is 5.91 Å². The first kappa shape index (κ1) is 18.6. The van der Waals surface area contributed by atoms with Crippen LogP contribution in [0.1, 0.15) is 35.6 Å². The maximum absolute atomic E-state index is 13.1. The molecule has 3 aromatic rings. The summed E-state index contributed by atoms with van der Waals surface area (Å²) < 4.78 is 20.7. The Kier molecular flexibility index (Phi) is 4.95. The van der Waals surface area contributed by atoms with Gasteiger partial charge in [0.25, 0.3) is 0 Å². The largest absolute Gasteiger partial charge is 0.366 e. The van der Waals surface area contributed by atoms with Crippen molar-refractivity contribution in [3.63, 3.8) is 0 Å². The number of ether oxygens (including phenoxy) is 1. The number of carbonyl (C=O) groups excluding carboxylic acids is 1. The zero-order valence-corrected chi connectivity index (χ0v) is 15.2. The van der Waals surface area contributed by atoms with Gasteiger partial charge in [-0.3, -0.25) is 14.8 Å². The third kappa shape index (κ3) is 3.98. The Hall–Kier alpha value is -3.20. The highest BCUT2D eigenvalue weighted by molar-refractivity contribution is 5.92. The van der Waals surface area contributed by atoms with E-state index in [-0.39, 0.29) is 6.61 Å². The van der Waals surface area contributed by atoms with Crippen LogP contribution in [0.25, 0.3) is 11.4 Å². The van der Waals surface area contributed by atoms with Gasteiger partial charge in [0.1, 0.15) is 17.1 Å². The highest BCUT2D eigenvalue weighted by Crippen LogP contribution is 2.27. The topological polar surface area (TPSA) is 109 Å². The van der Waals surface area contributed by atoms with Gasteiger partial charge >= 0.3 is 0 Å². The van der Waals surface area contributed by atoms with Crippen molar-refractivity contribution in [2.24, 2.45) is 12.8 Å². The molecule has 3 aromatic heterocycles. The number of aryl methyl sites for hydroxylation is 1. The number of nitrogens with two attached hydrogens (primary N) is 1. The van der Waals surface area contributed by atoms with Gasteiger partial charge in [-0.1, -0.05) is 5.21 Å². The predicted octanol–water partition coefficient (Wildman–Crippen LogP) is 1.96. The molecule has 9 heteroatoms. The summed E-state index contributed by atoms with van der Waals surface area (Å²) in [4.78, 5) is 19.5. The lowest BCUT2D eigenvalue weighted by Gasteiger charge is -2.25. The van der Waals surface area contributed by atoms with Crippen molar-refractivity contribution < 1.29 is 13.9 Å². The summed E-state index contributed by atoms with van der Waals surface area (Å²) in [5.74, 6) is -0.961. The van der Waals surface area contributed by atoms with E-state index in [9.17, 15) is 9.18 Å². The fraction of sp³-hybridized carbons (Fsp3) is 0.278. The quantitative estimate of drug-likeness (QED) is 0.710. The van der Waals surface area contributed by atoms with Gasteiger partial charge in [-0.25, -0.2) is 9.07 Å². The first-order valence-electron chi connectivity index (χ1n) is 8.18. The van der Waals surface area contributed by atoms with Crippen LogP contribution in [0.15, 0.2) is 36.7 Å². The van der Waals surface area contributed by atoms with Gasteiger partial charge in [-0.2, -0.15) is 0 Å². The summed E-state index contributed by atoms with van der Waals surface area (Å²) in [5.41, 5.74) is 7.18. The third-order valence-electron chi connectivity index (χ3n) is 4.15. The predicted molar refractivity (Wildman–Crippen MR) is 94.8 cm³/mol. The van der Waals surface area contributed by atoms with Gasteiger partial charge in [-0.15, -0.1) is 5.10 Å². The zero-order chi connectivity index (χ0) is 19.6. The maximum atomic E-state index is 13.1. The van der Waals surface area contributed by atoms with Crippen LogP contribution < -0.4 is 5.73 Å². The van der Waals surface area contributed by atoms with Crippen molar-refractivity contribution in [1.29, 1.82) is 0 Å². The van der Waals surface area contributed by atoms with Gasteiger partial charge < -0.3 is 10.5 Å². The second kappa shape index (κ2) is 7.20. The minimum Gasteiger partial charge on any atom is -0.366 e. The Morgan fingerprint density at radius 1 is 1.22 bits per heavy atom. The number of carbonyl (C=O) groups is 1.